The van der Waals surface area contributed by atoms with Gasteiger partial charge in [0, 0.05) is 44.1 Å². The number of pyridine rings is 1. The molecule has 0 spiro atoms. The Kier molecular flexibility index (Phi) is 2.80. The van der Waals surface area contributed by atoms with E-state index in [0.717, 1.165) is 25.2 Å². The Morgan fingerprint density at radius 1 is 1.33 bits per heavy atom. The van der Waals surface area contributed by atoms with Gasteiger partial charge in [-0.05, 0) is 6.07 Å². The van der Waals surface area contributed by atoms with E-state index < -0.39 is 5.95 Å². The third kappa shape index (κ3) is 2.23. The summed E-state index contributed by atoms with van der Waals surface area (Å²) in [7, 11) is 0. The van der Waals surface area contributed by atoms with Crippen molar-refractivity contribution in [3.05, 3.63) is 24.3 Å². The summed E-state index contributed by atoms with van der Waals surface area (Å²) in [4.78, 5) is 17.8. The molecule has 4 nitrogen and oxygen atoms in total. The topological polar surface area (TPSA) is 36.4 Å². The molecule has 0 bridgehead atoms. The molecule has 0 atom stereocenters. The summed E-state index contributed by atoms with van der Waals surface area (Å²) in [5, 5.41) is 0. The van der Waals surface area contributed by atoms with Crippen molar-refractivity contribution in [3.63, 3.8) is 0 Å². The summed E-state index contributed by atoms with van der Waals surface area (Å²) in [6.45, 7) is 2.85. The van der Waals surface area contributed by atoms with Crippen LogP contribution in [0.4, 0.5) is 10.1 Å². The molecule has 1 aliphatic heterocycles. The molecule has 80 valence electrons. The van der Waals surface area contributed by atoms with Crippen LogP contribution in [-0.2, 0) is 4.79 Å². The molecule has 1 saturated heterocycles. The van der Waals surface area contributed by atoms with E-state index in [2.05, 4.69) is 4.98 Å². The first-order valence-electron chi connectivity index (χ1n) is 4.85. The number of aromatic nitrogens is 1. The molecular weight excluding hydrogens is 197 g/mol. The maximum Gasteiger partial charge on any atom is 0.214 e. The van der Waals surface area contributed by atoms with Gasteiger partial charge in [0.25, 0.3) is 0 Å². The van der Waals surface area contributed by atoms with Gasteiger partial charge in [-0.15, -0.1) is 0 Å². The summed E-state index contributed by atoms with van der Waals surface area (Å²) >= 11 is 0. The minimum atomic E-state index is -0.467. The number of halogens is 1. The van der Waals surface area contributed by atoms with Crippen molar-refractivity contribution in [3.8, 4) is 0 Å². The normalized spacial score (nSPS) is 16.6. The molecule has 2 rings (SSSR count). The monoisotopic (exact) mass is 209 g/mol. The molecule has 2 heterocycles. The van der Waals surface area contributed by atoms with Crippen molar-refractivity contribution in [2.75, 3.05) is 31.1 Å². The van der Waals surface area contributed by atoms with Crippen molar-refractivity contribution in [2.45, 2.75) is 0 Å². The second-order valence-electron chi connectivity index (χ2n) is 3.47. The van der Waals surface area contributed by atoms with Crippen molar-refractivity contribution in [1.82, 2.24) is 9.88 Å². The highest BCUT2D eigenvalue weighted by molar-refractivity contribution is 5.50. The zero-order valence-electron chi connectivity index (χ0n) is 8.27. The lowest BCUT2D eigenvalue weighted by molar-refractivity contribution is -0.118. The average Bonchev–Trinajstić information content (AvgIpc) is 2.29. The Balaban J connectivity index is 2.04. The third-order valence-corrected chi connectivity index (χ3v) is 2.54. The highest BCUT2D eigenvalue weighted by atomic mass is 19.1. The molecule has 0 radical (unpaired) electrons. The fourth-order valence-corrected chi connectivity index (χ4v) is 1.67. The molecule has 15 heavy (non-hydrogen) atoms. The van der Waals surface area contributed by atoms with Gasteiger partial charge in [0.1, 0.15) is 0 Å². The van der Waals surface area contributed by atoms with Crippen LogP contribution >= 0.6 is 0 Å². The Bertz CT molecular complexity index is 350. The van der Waals surface area contributed by atoms with Crippen LogP contribution in [0.2, 0.25) is 0 Å². The van der Waals surface area contributed by atoms with Crippen molar-refractivity contribution >= 4 is 12.1 Å². The van der Waals surface area contributed by atoms with Gasteiger partial charge < -0.3 is 9.80 Å². The van der Waals surface area contributed by atoms with E-state index in [4.69, 9.17) is 0 Å². The van der Waals surface area contributed by atoms with Crippen LogP contribution in [-0.4, -0.2) is 42.5 Å². The molecule has 1 amide bonds. The van der Waals surface area contributed by atoms with E-state index in [-0.39, 0.29) is 0 Å². The van der Waals surface area contributed by atoms with Crippen LogP contribution < -0.4 is 4.90 Å². The van der Waals surface area contributed by atoms with Crippen molar-refractivity contribution < 1.29 is 9.18 Å². The maximum atomic E-state index is 12.9. The fraction of sp³-hybridized carbons (Fsp3) is 0.400. The van der Waals surface area contributed by atoms with Crippen molar-refractivity contribution in [1.29, 1.82) is 0 Å². The summed E-state index contributed by atoms with van der Waals surface area (Å²) < 4.78 is 12.9. The number of rotatable bonds is 2. The van der Waals surface area contributed by atoms with E-state index in [1.807, 2.05) is 4.90 Å². The lowest BCUT2D eigenvalue weighted by atomic mass is 10.3. The number of piperazine rings is 1. The molecule has 0 aliphatic carbocycles. The zero-order valence-corrected chi connectivity index (χ0v) is 8.27. The summed E-state index contributed by atoms with van der Waals surface area (Å²) in [5.74, 6) is -0.467. The summed E-state index contributed by atoms with van der Waals surface area (Å²) in [6.07, 6.45) is 2.31. The predicted octanol–water partition coefficient (Wildman–Crippen LogP) is 0.499. The first-order chi connectivity index (χ1) is 7.29. The second-order valence-corrected chi connectivity index (χ2v) is 3.47. The van der Waals surface area contributed by atoms with E-state index >= 15 is 0 Å². The van der Waals surface area contributed by atoms with E-state index in [0.29, 0.717) is 13.1 Å². The quantitative estimate of drug-likeness (QED) is 0.525. The molecule has 1 aromatic heterocycles. The van der Waals surface area contributed by atoms with Crippen LogP contribution in [0.3, 0.4) is 0 Å². The van der Waals surface area contributed by atoms with Gasteiger partial charge in [0.05, 0.1) is 0 Å². The Labute approximate surface area is 87.3 Å². The standard InChI is InChI=1S/C10H12FN3O/c11-10-7-9(1-2-12-10)14-5-3-13(8-15)4-6-14/h1-2,7-8H,3-6H2. The van der Waals surface area contributed by atoms with Gasteiger partial charge in [-0.1, -0.05) is 0 Å². The molecule has 1 fully saturated rings. The number of hydrogen-bond donors (Lipinski definition) is 0. The van der Waals surface area contributed by atoms with Gasteiger partial charge in [0.2, 0.25) is 12.4 Å². The summed E-state index contributed by atoms with van der Waals surface area (Å²) in [5.41, 5.74) is 0.827. The van der Waals surface area contributed by atoms with Gasteiger partial charge in [0.15, 0.2) is 0 Å². The van der Waals surface area contributed by atoms with Crippen molar-refractivity contribution in [2.24, 2.45) is 0 Å². The third-order valence-electron chi connectivity index (χ3n) is 2.54. The molecule has 1 aliphatic rings. The molecular formula is C10H12FN3O. The van der Waals surface area contributed by atoms with Crippen LogP contribution in [0.5, 0.6) is 0 Å². The van der Waals surface area contributed by atoms with Crippen LogP contribution in [0.25, 0.3) is 0 Å². The van der Waals surface area contributed by atoms with E-state index in [9.17, 15) is 9.18 Å². The first-order valence-corrected chi connectivity index (χ1v) is 4.85. The van der Waals surface area contributed by atoms with Gasteiger partial charge in [-0.25, -0.2) is 4.98 Å². The Morgan fingerprint density at radius 3 is 2.67 bits per heavy atom. The molecule has 1 aromatic rings. The smallest absolute Gasteiger partial charge is 0.214 e. The highest BCUT2D eigenvalue weighted by Crippen LogP contribution is 2.15. The van der Waals surface area contributed by atoms with E-state index in [1.165, 1.54) is 12.3 Å². The Morgan fingerprint density at radius 2 is 2.07 bits per heavy atom. The van der Waals surface area contributed by atoms with E-state index in [1.54, 1.807) is 11.0 Å². The molecule has 0 aromatic carbocycles. The lowest BCUT2D eigenvalue weighted by Crippen LogP contribution is -2.45. The number of hydrogen-bond acceptors (Lipinski definition) is 3. The van der Waals surface area contributed by atoms with Crippen LogP contribution in [0, 0.1) is 5.95 Å². The molecule has 0 N–H and O–H groups in total. The second kappa shape index (κ2) is 4.25. The molecule has 0 unspecified atom stereocenters. The average molecular weight is 209 g/mol. The Hall–Kier alpha value is -1.65. The number of carbonyl (C=O) groups is 1. The van der Waals surface area contributed by atoms with Gasteiger partial charge in [-0.3, -0.25) is 4.79 Å². The highest BCUT2D eigenvalue weighted by Gasteiger charge is 2.15. The largest absolute Gasteiger partial charge is 0.368 e. The van der Waals surface area contributed by atoms with Crippen LogP contribution in [0.1, 0.15) is 0 Å². The summed E-state index contributed by atoms with van der Waals surface area (Å²) in [6, 6.07) is 3.19. The number of anilines is 1. The van der Waals surface area contributed by atoms with Gasteiger partial charge in [-0.2, -0.15) is 4.39 Å². The number of nitrogens with zero attached hydrogens (tertiary/aromatic N) is 3. The maximum absolute atomic E-state index is 12.9. The predicted molar refractivity (Wildman–Crippen MR) is 54.0 cm³/mol. The first kappa shape index (κ1) is 9.89. The van der Waals surface area contributed by atoms with Gasteiger partial charge >= 0.3 is 0 Å². The molecule has 0 saturated carbocycles. The SMILES string of the molecule is O=CN1CCN(c2ccnc(F)c2)CC1. The number of carbonyl (C=O) groups excluding carboxylic acids is 1. The van der Waals surface area contributed by atoms with Crippen LogP contribution in [0.15, 0.2) is 18.3 Å². The molecule has 5 heteroatoms. The fourth-order valence-electron chi connectivity index (χ4n) is 1.67. The zero-order chi connectivity index (χ0) is 10.7. The minimum absolute atomic E-state index is 0.467. The lowest BCUT2D eigenvalue weighted by Gasteiger charge is -2.33. The minimum Gasteiger partial charge on any atom is -0.368 e. The number of amides is 1.